The van der Waals surface area contributed by atoms with Crippen molar-refractivity contribution in [1.29, 1.82) is 0 Å². The molecule has 0 saturated carbocycles. The van der Waals surface area contributed by atoms with Gasteiger partial charge in [-0.15, -0.1) is 0 Å². The van der Waals surface area contributed by atoms with Crippen molar-refractivity contribution >= 4 is 11.9 Å². The van der Waals surface area contributed by atoms with Gasteiger partial charge in [0, 0.05) is 18.5 Å². The minimum absolute atomic E-state index is 0.0100. The first-order chi connectivity index (χ1) is 8.90. The fraction of sp³-hybridized carbons (Fsp3) is 0.385. The number of nitrogens with zero attached hydrogens (tertiary/aromatic N) is 1. The van der Waals surface area contributed by atoms with Gasteiger partial charge >= 0.3 is 5.97 Å². The number of likely N-dealkylation sites (tertiary alicyclic amines) is 1. The molecule has 2 rings (SSSR count). The Morgan fingerprint density at radius 3 is 2.63 bits per heavy atom. The average Bonchev–Trinajstić information content (AvgIpc) is 2.70. The van der Waals surface area contributed by atoms with E-state index < -0.39 is 24.0 Å². The van der Waals surface area contributed by atoms with Gasteiger partial charge in [-0.1, -0.05) is 0 Å². The molecule has 0 radical (unpaired) electrons. The van der Waals surface area contributed by atoms with Gasteiger partial charge in [-0.05, 0) is 30.7 Å². The van der Waals surface area contributed by atoms with Crippen molar-refractivity contribution in [3.8, 4) is 5.75 Å². The summed E-state index contributed by atoms with van der Waals surface area (Å²) < 4.78 is 0. The largest absolute Gasteiger partial charge is 0.508 e. The summed E-state index contributed by atoms with van der Waals surface area (Å²) in [5.41, 5.74) is 0.897. The van der Waals surface area contributed by atoms with Crippen molar-refractivity contribution in [2.45, 2.75) is 25.5 Å². The van der Waals surface area contributed by atoms with Crippen molar-refractivity contribution < 1.29 is 24.9 Å². The molecular formula is C13H15NO5. The zero-order chi connectivity index (χ0) is 14.2. The predicted octanol–water partition coefficient (Wildman–Crippen LogP) is 0.361. The molecular weight excluding hydrogens is 250 g/mol. The highest BCUT2D eigenvalue weighted by molar-refractivity contribution is 5.98. The van der Waals surface area contributed by atoms with Crippen LogP contribution in [-0.4, -0.2) is 50.8 Å². The lowest BCUT2D eigenvalue weighted by molar-refractivity contribution is -0.141. The standard InChI is InChI=1S/C13H15NO5/c1-7-4-8(15)2-3-10(7)12(17)14-6-9(16)5-11(14)13(18)19/h2-4,9,11,15-16H,5-6H2,1H3,(H,18,19)/t9-,11-/m1/s1. The van der Waals surface area contributed by atoms with E-state index in [1.165, 1.54) is 18.2 Å². The topological polar surface area (TPSA) is 98.1 Å². The van der Waals surface area contributed by atoms with Gasteiger partial charge in [0.05, 0.1) is 6.10 Å². The number of hydrogen-bond acceptors (Lipinski definition) is 4. The number of aliphatic hydroxyl groups excluding tert-OH is 1. The van der Waals surface area contributed by atoms with Crippen molar-refractivity contribution in [1.82, 2.24) is 4.90 Å². The number of phenolic OH excluding ortho intramolecular Hbond substituents is 1. The number of β-amino-alcohol motifs (C(OH)–C–C–N with tert-alkyl or cyclic N) is 1. The van der Waals surface area contributed by atoms with Gasteiger partial charge in [0.15, 0.2) is 0 Å². The number of hydrogen-bond donors (Lipinski definition) is 3. The van der Waals surface area contributed by atoms with Gasteiger partial charge in [0.1, 0.15) is 11.8 Å². The number of aromatic hydroxyl groups is 1. The summed E-state index contributed by atoms with van der Waals surface area (Å²) in [6.45, 7) is 1.67. The van der Waals surface area contributed by atoms with E-state index in [9.17, 15) is 19.8 Å². The highest BCUT2D eigenvalue weighted by atomic mass is 16.4. The summed E-state index contributed by atoms with van der Waals surface area (Å²) in [6, 6.07) is 3.27. The molecule has 102 valence electrons. The third-order valence-corrected chi connectivity index (χ3v) is 3.27. The number of aliphatic carboxylic acids is 1. The zero-order valence-electron chi connectivity index (χ0n) is 10.4. The molecule has 3 N–H and O–H groups in total. The van der Waals surface area contributed by atoms with Crippen LogP contribution >= 0.6 is 0 Å². The Morgan fingerprint density at radius 1 is 1.37 bits per heavy atom. The number of benzene rings is 1. The van der Waals surface area contributed by atoms with Crippen LogP contribution in [0.4, 0.5) is 0 Å². The van der Waals surface area contributed by atoms with Crippen LogP contribution in [0.1, 0.15) is 22.3 Å². The molecule has 1 aromatic rings. The Bertz CT molecular complexity index is 528. The Hall–Kier alpha value is -2.08. The van der Waals surface area contributed by atoms with Crippen molar-refractivity contribution in [2.75, 3.05) is 6.54 Å². The summed E-state index contributed by atoms with van der Waals surface area (Å²) in [7, 11) is 0. The third-order valence-electron chi connectivity index (χ3n) is 3.27. The number of aryl methyl sites for hydroxylation is 1. The molecule has 0 spiro atoms. The normalized spacial score (nSPS) is 22.5. The number of amides is 1. The number of carboxylic acids is 1. The maximum atomic E-state index is 12.3. The first-order valence-electron chi connectivity index (χ1n) is 5.91. The monoisotopic (exact) mass is 265 g/mol. The molecule has 1 aliphatic rings. The van der Waals surface area contributed by atoms with Crippen LogP contribution in [0.5, 0.6) is 5.75 Å². The van der Waals surface area contributed by atoms with Crippen molar-refractivity contribution in [3.63, 3.8) is 0 Å². The lowest BCUT2D eigenvalue weighted by Gasteiger charge is -2.22. The average molecular weight is 265 g/mol. The Morgan fingerprint density at radius 2 is 2.05 bits per heavy atom. The Labute approximate surface area is 109 Å². The third kappa shape index (κ3) is 2.53. The molecule has 1 amide bonds. The van der Waals surface area contributed by atoms with Crippen LogP contribution in [-0.2, 0) is 4.79 Å². The van der Waals surface area contributed by atoms with Crippen LogP contribution in [0.2, 0.25) is 0 Å². The lowest BCUT2D eigenvalue weighted by atomic mass is 10.1. The molecule has 2 atom stereocenters. The summed E-state index contributed by atoms with van der Waals surface area (Å²) >= 11 is 0. The van der Waals surface area contributed by atoms with Crippen LogP contribution in [0.15, 0.2) is 18.2 Å². The van der Waals surface area contributed by atoms with Gasteiger partial charge in [-0.2, -0.15) is 0 Å². The predicted molar refractivity (Wildman–Crippen MR) is 65.9 cm³/mol. The number of phenols is 1. The van der Waals surface area contributed by atoms with E-state index in [1.54, 1.807) is 6.92 Å². The molecule has 1 heterocycles. The molecule has 1 aliphatic heterocycles. The molecule has 19 heavy (non-hydrogen) atoms. The van der Waals surface area contributed by atoms with E-state index in [0.29, 0.717) is 11.1 Å². The van der Waals surface area contributed by atoms with E-state index in [4.69, 9.17) is 5.11 Å². The zero-order valence-corrected chi connectivity index (χ0v) is 10.4. The van der Waals surface area contributed by atoms with E-state index in [-0.39, 0.29) is 18.7 Å². The van der Waals surface area contributed by atoms with E-state index in [1.807, 2.05) is 0 Å². The smallest absolute Gasteiger partial charge is 0.326 e. The van der Waals surface area contributed by atoms with Gasteiger partial charge in [0.2, 0.25) is 0 Å². The molecule has 6 heteroatoms. The van der Waals surface area contributed by atoms with Gasteiger partial charge in [-0.3, -0.25) is 4.79 Å². The maximum Gasteiger partial charge on any atom is 0.326 e. The molecule has 1 fully saturated rings. The second-order valence-corrected chi connectivity index (χ2v) is 4.70. The fourth-order valence-corrected chi connectivity index (χ4v) is 2.31. The maximum absolute atomic E-state index is 12.3. The van der Waals surface area contributed by atoms with Gasteiger partial charge in [-0.25, -0.2) is 4.79 Å². The second-order valence-electron chi connectivity index (χ2n) is 4.70. The van der Waals surface area contributed by atoms with Crippen LogP contribution in [0.25, 0.3) is 0 Å². The highest BCUT2D eigenvalue weighted by Crippen LogP contribution is 2.23. The summed E-state index contributed by atoms with van der Waals surface area (Å²) in [6.07, 6.45) is -0.777. The highest BCUT2D eigenvalue weighted by Gasteiger charge is 2.39. The Balaban J connectivity index is 2.30. The van der Waals surface area contributed by atoms with Crippen molar-refractivity contribution in [2.24, 2.45) is 0 Å². The van der Waals surface area contributed by atoms with Gasteiger partial charge in [0.25, 0.3) is 5.91 Å². The second kappa shape index (κ2) is 4.89. The lowest BCUT2D eigenvalue weighted by Crippen LogP contribution is -2.40. The molecule has 0 aliphatic carbocycles. The van der Waals surface area contributed by atoms with Gasteiger partial charge < -0.3 is 20.2 Å². The molecule has 0 bridgehead atoms. The minimum Gasteiger partial charge on any atom is -0.508 e. The summed E-state index contributed by atoms with van der Waals surface area (Å²) in [4.78, 5) is 24.6. The quantitative estimate of drug-likeness (QED) is 0.717. The first-order valence-corrected chi connectivity index (χ1v) is 5.91. The van der Waals surface area contributed by atoms with E-state index in [2.05, 4.69) is 0 Å². The number of carbonyl (C=O) groups excluding carboxylic acids is 1. The number of rotatable bonds is 2. The number of aliphatic hydroxyl groups is 1. The Kier molecular flexibility index (Phi) is 3.44. The number of carbonyl (C=O) groups is 2. The summed E-state index contributed by atoms with van der Waals surface area (Å²) in [5.74, 6) is -1.52. The molecule has 0 unspecified atom stereocenters. The number of carboxylic acid groups (broad SMARTS) is 1. The molecule has 6 nitrogen and oxygen atoms in total. The fourth-order valence-electron chi connectivity index (χ4n) is 2.31. The van der Waals surface area contributed by atoms with E-state index >= 15 is 0 Å². The van der Waals surface area contributed by atoms with Crippen LogP contribution in [0.3, 0.4) is 0 Å². The van der Waals surface area contributed by atoms with Crippen LogP contribution in [0, 0.1) is 6.92 Å². The van der Waals surface area contributed by atoms with E-state index in [0.717, 1.165) is 4.90 Å². The van der Waals surface area contributed by atoms with Crippen molar-refractivity contribution in [3.05, 3.63) is 29.3 Å². The van der Waals surface area contributed by atoms with Crippen LogP contribution < -0.4 is 0 Å². The molecule has 1 saturated heterocycles. The summed E-state index contributed by atoms with van der Waals surface area (Å²) in [5, 5.41) is 27.9. The molecule has 0 aromatic heterocycles. The minimum atomic E-state index is -1.12. The first kappa shape index (κ1) is 13.4. The SMILES string of the molecule is Cc1cc(O)ccc1C(=O)N1C[C@H](O)C[C@@H]1C(=O)O. The molecule has 1 aromatic carbocycles.